The number of aromatic nitrogens is 1. The molecule has 2 aromatic rings. The van der Waals surface area contributed by atoms with Gasteiger partial charge in [0, 0.05) is 36.7 Å². The van der Waals surface area contributed by atoms with Crippen LogP contribution in [0.4, 0.5) is 0 Å². The lowest BCUT2D eigenvalue weighted by Crippen LogP contribution is -2.36. The highest BCUT2D eigenvalue weighted by Crippen LogP contribution is 2.19. The topological polar surface area (TPSA) is 46.1 Å². The van der Waals surface area contributed by atoms with Crippen LogP contribution in [-0.2, 0) is 18.4 Å². The monoisotopic (exact) mass is 259 g/mol. The van der Waals surface area contributed by atoms with E-state index in [0.717, 1.165) is 5.56 Å². The van der Waals surface area contributed by atoms with Crippen LogP contribution >= 0.6 is 0 Å². The van der Waals surface area contributed by atoms with Gasteiger partial charge in [-0.1, -0.05) is 32.0 Å². The number of hydrogen-bond acceptors (Lipinski definition) is 2. The highest BCUT2D eigenvalue weighted by Gasteiger charge is 2.07. The number of aryl methyl sites for hydroxylation is 1. The normalized spacial score (nSPS) is 11.2. The van der Waals surface area contributed by atoms with Crippen LogP contribution in [0.25, 0.3) is 10.9 Å². The Hall–Kier alpha value is -1.81. The first kappa shape index (κ1) is 13.6. The summed E-state index contributed by atoms with van der Waals surface area (Å²) in [7, 11) is 2.02. The van der Waals surface area contributed by atoms with E-state index < -0.39 is 0 Å². The molecule has 0 aliphatic carbocycles. The fraction of sp³-hybridized carbons (Fsp3) is 0.400. The first-order chi connectivity index (χ1) is 9.08. The number of carbonyl (C=O) groups is 1. The average Bonchev–Trinajstić information content (AvgIpc) is 2.71. The molecule has 1 aromatic carbocycles. The van der Waals surface area contributed by atoms with Crippen LogP contribution in [-0.4, -0.2) is 23.1 Å². The number of hydrogen-bond donors (Lipinski definition) is 2. The highest BCUT2D eigenvalue weighted by molar-refractivity contribution is 5.84. The molecule has 0 unspecified atom stereocenters. The van der Waals surface area contributed by atoms with Crippen molar-refractivity contribution >= 4 is 16.8 Å². The SMILES string of the molecule is CC(C)NCC(=O)NCc1cn(C)c2ccccc12. The van der Waals surface area contributed by atoms with Gasteiger partial charge in [-0.3, -0.25) is 4.79 Å². The molecule has 0 radical (unpaired) electrons. The van der Waals surface area contributed by atoms with E-state index >= 15 is 0 Å². The van der Waals surface area contributed by atoms with E-state index in [2.05, 4.69) is 33.5 Å². The van der Waals surface area contributed by atoms with Gasteiger partial charge < -0.3 is 15.2 Å². The number of fused-ring (bicyclic) bond motifs is 1. The summed E-state index contributed by atoms with van der Waals surface area (Å²) in [5, 5.41) is 7.25. The van der Waals surface area contributed by atoms with Crippen molar-refractivity contribution in [3.8, 4) is 0 Å². The second-order valence-electron chi connectivity index (χ2n) is 5.09. The summed E-state index contributed by atoms with van der Waals surface area (Å²) in [4.78, 5) is 11.7. The van der Waals surface area contributed by atoms with E-state index in [1.807, 2.05) is 33.0 Å². The lowest BCUT2D eigenvalue weighted by molar-refractivity contribution is -0.120. The van der Waals surface area contributed by atoms with Gasteiger partial charge in [-0.25, -0.2) is 0 Å². The summed E-state index contributed by atoms with van der Waals surface area (Å²) < 4.78 is 2.09. The lowest BCUT2D eigenvalue weighted by Gasteiger charge is -2.08. The zero-order chi connectivity index (χ0) is 13.8. The van der Waals surface area contributed by atoms with Gasteiger partial charge >= 0.3 is 0 Å². The van der Waals surface area contributed by atoms with Crippen LogP contribution in [0.2, 0.25) is 0 Å². The van der Waals surface area contributed by atoms with E-state index in [1.54, 1.807) is 0 Å². The third kappa shape index (κ3) is 3.35. The molecule has 0 fully saturated rings. The maximum absolute atomic E-state index is 11.7. The Morgan fingerprint density at radius 1 is 1.32 bits per heavy atom. The average molecular weight is 259 g/mol. The summed E-state index contributed by atoms with van der Waals surface area (Å²) in [6.45, 7) is 4.98. The Labute approximate surface area is 113 Å². The number of nitrogens with zero attached hydrogens (tertiary/aromatic N) is 1. The maximum atomic E-state index is 11.7. The second kappa shape index (κ2) is 5.89. The zero-order valence-electron chi connectivity index (χ0n) is 11.7. The van der Waals surface area contributed by atoms with Crippen molar-refractivity contribution in [1.29, 1.82) is 0 Å². The van der Waals surface area contributed by atoms with Gasteiger partial charge in [0.2, 0.25) is 5.91 Å². The van der Waals surface area contributed by atoms with E-state index in [1.165, 1.54) is 10.9 Å². The number of para-hydroxylation sites is 1. The van der Waals surface area contributed by atoms with Crippen LogP contribution in [0.1, 0.15) is 19.4 Å². The first-order valence-electron chi connectivity index (χ1n) is 6.61. The third-order valence-electron chi connectivity index (χ3n) is 3.13. The molecule has 1 heterocycles. The molecule has 0 bridgehead atoms. The molecule has 0 saturated heterocycles. The molecular formula is C15H21N3O. The fourth-order valence-corrected chi connectivity index (χ4v) is 2.12. The molecule has 0 aliphatic rings. The van der Waals surface area contributed by atoms with Crippen LogP contribution < -0.4 is 10.6 Å². The van der Waals surface area contributed by atoms with Gasteiger partial charge in [0.05, 0.1) is 6.54 Å². The van der Waals surface area contributed by atoms with Gasteiger partial charge in [0.1, 0.15) is 0 Å². The summed E-state index contributed by atoms with van der Waals surface area (Å²) in [6.07, 6.45) is 2.07. The van der Waals surface area contributed by atoms with Crippen molar-refractivity contribution in [1.82, 2.24) is 15.2 Å². The number of nitrogens with one attached hydrogen (secondary N) is 2. The molecule has 102 valence electrons. The number of amides is 1. The quantitative estimate of drug-likeness (QED) is 0.860. The molecule has 19 heavy (non-hydrogen) atoms. The van der Waals surface area contributed by atoms with E-state index in [-0.39, 0.29) is 5.91 Å². The predicted molar refractivity (Wildman–Crippen MR) is 77.9 cm³/mol. The van der Waals surface area contributed by atoms with Crippen LogP contribution in [0.5, 0.6) is 0 Å². The van der Waals surface area contributed by atoms with Gasteiger partial charge in [-0.2, -0.15) is 0 Å². The Morgan fingerprint density at radius 2 is 2.05 bits per heavy atom. The molecule has 0 aliphatic heterocycles. The molecule has 0 spiro atoms. The molecule has 1 aromatic heterocycles. The zero-order valence-corrected chi connectivity index (χ0v) is 11.7. The summed E-state index contributed by atoms with van der Waals surface area (Å²) >= 11 is 0. The predicted octanol–water partition coefficient (Wildman–Crippen LogP) is 1.79. The fourth-order valence-electron chi connectivity index (χ4n) is 2.12. The molecular weight excluding hydrogens is 238 g/mol. The van der Waals surface area contributed by atoms with Crippen LogP contribution in [0.3, 0.4) is 0 Å². The molecule has 0 saturated carbocycles. The van der Waals surface area contributed by atoms with Crippen LogP contribution in [0, 0.1) is 0 Å². The molecule has 2 rings (SSSR count). The largest absolute Gasteiger partial charge is 0.351 e. The maximum Gasteiger partial charge on any atom is 0.234 e. The number of rotatable bonds is 5. The Balaban J connectivity index is 2.00. The molecule has 2 N–H and O–H groups in total. The summed E-state index contributed by atoms with van der Waals surface area (Å²) in [5.74, 6) is 0.0293. The molecule has 1 amide bonds. The van der Waals surface area contributed by atoms with Crippen molar-refractivity contribution in [3.05, 3.63) is 36.0 Å². The van der Waals surface area contributed by atoms with Crippen molar-refractivity contribution in [2.75, 3.05) is 6.54 Å². The van der Waals surface area contributed by atoms with Gasteiger partial charge in [-0.15, -0.1) is 0 Å². The van der Waals surface area contributed by atoms with Crippen molar-refractivity contribution in [2.45, 2.75) is 26.4 Å². The molecule has 4 heteroatoms. The van der Waals surface area contributed by atoms with E-state index in [4.69, 9.17) is 0 Å². The Bertz CT molecular complexity index is 572. The highest BCUT2D eigenvalue weighted by atomic mass is 16.1. The minimum absolute atomic E-state index is 0.0293. The first-order valence-corrected chi connectivity index (χ1v) is 6.61. The van der Waals surface area contributed by atoms with Crippen molar-refractivity contribution < 1.29 is 4.79 Å². The van der Waals surface area contributed by atoms with Crippen LogP contribution in [0.15, 0.2) is 30.5 Å². The third-order valence-corrected chi connectivity index (χ3v) is 3.13. The molecule has 4 nitrogen and oxygen atoms in total. The van der Waals surface area contributed by atoms with Crippen molar-refractivity contribution in [3.63, 3.8) is 0 Å². The van der Waals surface area contributed by atoms with Gasteiger partial charge in [-0.05, 0) is 11.6 Å². The summed E-state index contributed by atoms with van der Waals surface area (Å²) in [6, 6.07) is 8.54. The Morgan fingerprint density at radius 3 is 2.79 bits per heavy atom. The minimum Gasteiger partial charge on any atom is -0.351 e. The van der Waals surface area contributed by atoms with Gasteiger partial charge in [0.15, 0.2) is 0 Å². The van der Waals surface area contributed by atoms with E-state index in [9.17, 15) is 4.79 Å². The lowest BCUT2D eigenvalue weighted by atomic mass is 10.2. The molecule has 0 atom stereocenters. The van der Waals surface area contributed by atoms with Crippen molar-refractivity contribution in [2.24, 2.45) is 7.05 Å². The minimum atomic E-state index is 0.0293. The Kier molecular flexibility index (Phi) is 4.22. The van der Waals surface area contributed by atoms with E-state index in [0.29, 0.717) is 19.1 Å². The standard InChI is InChI=1S/C15H21N3O/c1-11(2)16-9-15(19)17-8-12-10-18(3)14-7-5-4-6-13(12)14/h4-7,10-11,16H,8-9H2,1-3H3,(H,17,19). The van der Waals surface area contributed by atoms with Gasteiger partial charge in [0.25, 0.3) is 0 Å². The second-order valence-corrected chi connectivity index (χ2v) is 5.09. The number of carbonyl (C=O) groups excluding carboxylic acids is 1. The smallest absolute Gasteiger partial charge is 0.234 e. The number of benzene rings is 1. The summed E-state index contributed by atoms with van der Waals surface area (Å²) in [5.41, 5.74) is 2.34.